The van der Waals surface area contributed by atoms with E-state index in [1.807, 2.05) is 4.98 Å². The van der Waals surface area contributed by atoms with Crippen LogP contribution in [0, 0.1) is 0 Å². The Bertz CT molecular complexity index is 1710. The van der Waals surface area contributed by atoms with Crippen molar-refractivity contribution >= 4 is 32.6 Å². The van der Waals surface area contributed by atoms with Gasteiger partial charge >= 0.3 is 21.3 Å². The Morgan fingerprint density at radius 2 is 1.57 bits per heavy atom. The number of hydrogen-bond acceptors (Lipinski definition) is 16. The Hall–Kier alpha value is -2.91. The Balaban J connectivity index is 1.32. The fourth-order valence-electron chi connectivity index (χ4n) is 4.79. The van der Waals surface area contributed by atoms with E-state index in [1.165, 1.54) is 10.9 Å². The molecule has 2 unspecified atom stereocenters. The third kappa shape index (κ3) is 5.34. The van der Waals surface area contributed by atoms with Crippen LogP contribution in [0.1, 0.15) is 12.5 Å². The molecule has 3 aliphatic heterocycles. The van der Waals surface area contributed by atoms with E-state index >= 15 is 0 Å². The monoisotopic (exact) mass is 635 g/mol. The van der Waals surface area contributed by atoms with Crippen LogP contribution >= 0.6 is 15.6 Å². The van der Waals surface area contributed by atoms with Gasteiger partial charge in [-0.15, -0.1) is 0 Å². The maximum atomic E-state index is 13.0. The topological polar surface area (TPSA) is 295 Å². The molecule has 6 rings (SSSR count). The lowest BCUT2D eigenvalue weighted by atomic mass is 10.1. The minimum absolute atomic E-state index is 0.0158. The summed E-state index contributed by atoms with van der Waals surface area (Å²) >= 11 is 0. The first kappa shape index (κ1) is 29.2. The summed E-state index contributed by atoms with van der Waals surface area (Å²) in [6.45, 7) is -1.69. The van der Waals surface area contributed by atoms with Crippen LogP contribution in [-0.4, -0.2) is 98.9 Å². The second-order valence-corrected chi connectivity index (χ2v) is 12.2. The number of anilines is 1. The number of aromatic amines is 1. The Morgan fingerprint density at radius 3 is 2.29 bits per heavy atom. The van der Waals surface area contributed by atoms with Gasteiger partial charge in [0.2, 0.25) is 0 Å². The van der Waals surface area contributed by atoms with E-state index in [1.54, 1.807) is 0 Å². The molecule has 0 amide bonds. The van der Waals surface area contributed by atoms with Gasteiger partial charge in [-0.3, -0.25) is 37.0 Å². The van der Waals surface area contributed by atoms with Crippen LogP contribution in [0.2, 0.25) is 0 Å². The van der Waals surface area contributed by atoms with Crippen molar-refractivity contribution in [1.29, 1.82) is 0 Å². The predicted molar refractivity (Wildman–Crippen MR) is 132 cm³/mol. The number of nitrogens with two attached hydrogens (primary N) is 1. The highest BCUT2D eigenvalue weighted by molar-refractivity contribution is 7.47. The summed E-state index contributed by atoms with van der Waals surface area (Å²) in [7, 11) is -10.2. The van der Waals surface area contributed by atoms with Crippen LogP contribution in [0.15, 0.2) is 34.5 Å². The number of H-pyrrole nitrogens is 1. The summed E-state index contributed by atoms with van der Waals surface area (Å²) in [5, 5.41) is 21.8. The number of hydrogen-bond donors (Lipinski definition) is 6. The van der Waals surface area contributed by atoms with E-state index in [0.29, 0.717) is 0 Å². The van der Waals surface area contributed by atoms with Crippen LogP contribution in [0.5, 0.6) is 0 Å². The molecule has 0 aliphatic carbocycles. The van der Waals surface area contributed by atoms with Crippen LogP contribution in [0.4, 0.5) is 5.82 Å². The molecule has 0 radical (unpaired) electrons. The normalized spacial score (nSPS) is 39.3. The third-order valence-corrected chi connectivity index (χ3v) is 8.69. The number of aromatic nitrogens is 6. The fourth-order valence-corrected chi connectivity index (χ4v) is 6.69. The summed E-state index contributed by atoms with van der Waals surface area (Å²) in [6, 6.07) is 0.959. The molecule has 0 saturated carbocycles. The molecule has 42 heavy (non-hydrogen) atoms. The highest BCUT2D eigenvalue weighted by atomic mass is 31.2. The van der Waals surface area contributed by atoms with Crippen molar-refractivity contribution < 1.29 is 56.7 Å². The number of ether oxygens (including phenoxy) is 2. The number of fused-ring (bicyclic) bond motifs is 4. The van der Waals surface area contributed by atoms with Gasteiger partial charge in [0.25, 0.3) is 5.56 Å². The van der Waals surface area contributed by atoms with Gasteiger partial charge < -0.3 is 35.2 Å². The number of nitrogen functional groups attached to an aromatic ring is 1. The van der Waals surface area contributed by atoms with Gasteiger partial charge in [-0.2, -0.15) is 0 Å². The number of aliphatic hydroxyl groups excluding tert-OH is 2. The van der Waals surface area contributed by atoms with Crippen molar-refractivity contribution in [1.82, 2.24) is 29.1 Å². The first-order chi connectivity index (χ1) is 19.8. The fraction of sp³-hybridized carbons (Fsp3) is 0.526. The lowest BCUT2D eigenvalue weighted by Crippen LogP contribution is -2.38. The van der Waals surface area contributed by atoms with Crippen LogP contribution in [-0.2, 0) is 36.7 Å². The molecule has 3 aromatic rings. The van der Waals surface area contributed by atoms with Crippen molar-refractivity contribution in [2.45, 2.75) is 49.1 Å². The number of nitrogens with zero attached hydrogens (tertiary/aromatic N) is 5. The van der Waals surface area contributed by atoms with Crippen molar-refractivity contribution in [3.05, 3.63) is 45.8 Å². The van der Waals surface area contributed by atoms with Crippen LogP contribution in [0.3, 0.4) is 0 Å². The average molecular weight is 635 g/mol. The maximum Gasteiger partial charge on any atom is 0.472 e. The summed E-state index contributed by atoms with van der Waals surface area (Å²) < 4.78 is 59.8. The van der Waals surface area contributed by atoms with Crippen LogP contribution < -0.4 is 17.0 Å². The molecule has 23 heteroatoms. The number of aliphatic hydroxyl groups is 2. The minimum Gasteiger partial charge on any atom is -0.387 e. The zero-order valence-corrected chi connectivity index (χ0v) is 22.7. The van der Waals surface area contributed by atoms with Gasteiger partial charge in [0.1, 0.15) is 48.5 Å². The molecule has 0 aromatic carbocycles. The second kappa shape index (κ2) is 10.7. The first-order valence-electron chi connectivity index (χ1n) is 12.1. The van der Waals surface area contributed by atoms with Crippen molar-refractivity contribution in [3.63, 3.8) is 0 Å². The molecule has 0 spiro atoms. The standard InChI is InChI=1S/C19H23N7O14P2/c20-15-10-16(22-5-21-15)26(6-23-10)18-14-11(28)7(37-18)3-35-41(31,32)39-13-8(4-36-42(33,34)40-14)38-17(12(13)29)25-2-1-9(27)24-19(25)30/h1-2,5-8,11-14,17-18,28-29H,3-4H2,(H,31,32)(H,33,34)(H2,20,21,22)(H,24,27,30)/t7-,8-,11-,12-,13-,14-,17-,18-/m1/s1. The summed E-state index contributed by atoms with van der Waals surface area (Å²) in [5.74, 6) is 0.0158. The van der Waals surface area contributed by atoms with Gasteiger partial charge in [-0.05, 0) is 0 Å². The molecule has 228 valence electrons. The number of phosphoric ester groups is 2. The van der Waals surface area contributed by atoms with E-state index in [9.17, 15) is 38.7 Å². The van der Waals surface area contributed by atoms with Gasteiger partial charge in [-0.1, -0.05) is 0 Å². The zero-order chi connectivity index (χ0) is 30.0. The smallest absolute Gasteiger partial charge is 0.387 e. The molecule has 10 atom stereocenters. The van der Waals surface area contributed by atoms with Gasteiger partial charge in [0.05, 0.1) is 19.5 Å². The van der Waals surface area contributed by atoms with E-state index in [0.717, 1.165) is 23.2 Å². The molecule has 3 aromatic heterocycles. The van der Waals surface area contributed by atoms with Crippen LogP contribution in [0.25, 0.3) is 11.2 Å². The summed E-state index contributed by atoms with van der Waals surface area (Å²) in [5.41, 5.74) is 4.35. The van der Waals surface area contributed by atoms with Crippen molar-refractivity contribution in [3.8, 4) is 0 Å². The largest absolute Gasteiger partial charge is 0.472 e. The zero-order valence-electron chi connectivity index (χ0n) is 20.9. The van der Waals surface area contributed by atoms with E-state index in [4.69, 9.17) is 33.3 Å². The molecule has 7 N–H and O–H groups in total. The summed E-state index contributed by atoms with van der Waals surface area (Å²) in [6.07, 6.45) is -9.63. The molecule has 21 nitrogen and oxygen atoms in total. The Kier molecular flexibility index (Phi) is 7.41. The molecule has 2 bridgehead atoms. The highest BCUT2D eigenvalue weighted by Gasteiger charge is 2.53. The lowest BCUT2D eigenvalue weighted by molar-refractivity contribution is -0.0683. The molecular formula is C19H23N7O14P2. The third-order valence-electron chi connectivity index (χ3n) is 6.72. The Morgan fingerprint density at radius 1 is 0.905 bits per heavy atom. The van der Waals surface area contributed by atoms with E-state index in [2.05, 4.69) is 15.0 Å². The number of imidazole rings is 1. The Labute approximate surface area is 232 Å². The van der Waals surface area contributed by atoms with E-state index in [-0.39, 0.29) is 17.0 Å². The molecule has 6 heterocycles. The quantitative estimate of drug-likeness (QED) is 0.158. The van der Waals surface area contributed by atoms with E-state index < -0.39 is 89.2 Å². The molecule has 3 saturated heterocycles. The second-order valence-electron chi connectivity index (χ2n) is 9.38. The molecule has 3 fully saturated rings. The van der Waals surface area contributed by atoms with Crippen molar-refractivity contribution in [2.24, 2.45) is 0 Å². The molecule has 3 aliphatic rings. The predicted octanol–water partition coefficient (Wildman–Crippen LogP) is -2.51. The SMILES string of the molecule is Nc1ncnc2c1ncn2[C@@H]1O[C@@H]2COP(=O)(O)O[C@H]3[C@@H](O)[C@H](n4ccc(=O)[nH]c4=O)O[C@@H]3COP(=O)(O)O[C@@H]1[C@@H]2O. The average Bonchev–Trinajstić information content (AvgIpc) is 3.57. The van der Waals surface area contributed by atoms with Gasteiger partial charge in [0.15, 0.2) is 23.9 Å². The van der Waals surface area contributed by atoms with Gasteiger partial charge in [0, 0.05) is 12.3 Å². The lowest BCUT2D eigenvalue weighted by Gasteiger charge is -2.25. The first-order valence-corrected chi connectivity index (χ1v) is 15.1. The van der Waals surface area contributed by atoms with Crippen molar-refractivity contribution in [2.75, 3.05) is 18.9 Å². The summed E-state index contributed by atoms with van der Waals surface area (Å²) in [4.78, 5) is 58.7. The maximum absolute atomic E-state index is 13.0. The minimum atomic E-state index is -5.09. The highest BCUT2D eigenvalue weighted by Crippen LogP contribution is 2.53. The molecular weight excluding hydrogens is 612 g/mol. The number of phosphoric acid groups is 2. The van der Waals surface area contributed by atoms with Gasteiger partial charge in [-0.25, -0.2) is 28.9 Å². The number of rotatable bonds is 2. The number of nitrogens with one attached hydrogen (secondary N) is 1.